The molecule has 0 atom stereocenters. The monoisotopic (exact) mass is 469 g/mol. The summed E-state index contributed by atoms with van der Waals surface area (Å²) in [4.78, 5) is 31.0. The first kappa shape index (κ1) is 22.9. The summed E-state index contributed by atoms with van der Waals surface area (Å²) in [6, 6.07) is 13.1. The van der Waals surface area contributed by atoms with Gasteiger partial charge in [-0.3, -0.25) is 9.59 Å². The molecule has 1 aliphatic heterocycles. The molecule has 7 nitrogen and oxygen atoms in total. The molecule has 2 aromatic carbocycles. The lowest BCUT2D eigenvalue weighted by atomic mass is 10.1. The maximum Gasteiger partial charge on any atom is 0.254 e. The molecule has 9 heteroatoms. The van der Waals surface area contributed by atoms with Crippen molar-refractivity contribution in [3.8, 4) is 5.75 Å². The minimum Gasteiger partial charge on any atom is -0.486 e. The zero-order chi connectivity index (χ0) is 23.0. The zero-order valence-corrected chi connectivity index (χ0v) is 18.8. The highest BCUT2D eigenvalue weighted by Crippen LogP contribution is 2.16. The molecule has 1 aliphatic rings. The number of halogens is 1. The van der Waals surface area contributed by atoms with Gasteiger partial charge in [-0.05, 0) is 42.0 Å². The van der Waals surface area contributed by atoms with Crippen LogP contribution in [0.4, 0.5) is 4.39 Å². The molecule has 0 bridgehead atoms. The summed E-state index contributed by atoms with van der Waals surface area (Å²) < 4.78 is 23.8. The molecule has 1 N–H and O–H groups in total. The van der Waals surface area contributed by atoms with E-state index < -0.39 is 0 Å². The fourth-order valence-electron chi connectivity index (χ4n) is 3.31. The molecule has 0 unspecified atom stereocenters. The SMILES string of the molecule is O=C(Cc1csc(COc2ccc(F)cc2)n1)NCc1ccc(C(=O)N2CCOCC2)cc1. The number of amides is 2. The van der Waals surface area contributed by atoms with Gasteiger partial charge in [0.15, 0.2) is 0 Å². The molecule has 1 saturated heterocycles. The molecule has 0 spiro atoms. The van der Waals surface area contributed by atoms with E-state index in [1.54, 1.807) is 29.2 Å². The average molecular weight is 470 g/mol. The Balaban J connectivity index is 1.21. The van der Waals surface area contributed by atoms with Crippen LogP contribution in [0.5, 0.6) is 5.75 Å². The first-order valence-electron chi connectivity index (χ1n) is 10.6. The third-order valence-electron chi connectivity index (χ3n) is 5.11. The molecule has 1 aromatic heterocycles. The van der Waals surface area contributed by atoms with E-state index in [9.17, 15) is 14.0 Å². The third-order valence-corrected chi connectivity index (χ3v) is 5.98. The van der Waals surface area contributed by atoms with E-state index in [2.05, 4.69) is 10.3 Å². The molecule has 0 radical (unpaired) electrons. The number of ether oxygens (including phenoxy) is 2. The van der Waals surface area contributed by atoms with Crippen LogP contribution in [0.1, 0.15) is 26.6 Å². The highest BCUT2D eigenvalue weighted by molar-refractivity contribution is 7.09. The lowest BCUT2D eigenvalue weighted by molar-refractivity contribution is -0.120. The molecule has 0 aliphatic carbocycles. The fraction of sp³-hybridized carbons (Fsp3) is 0.292. The maximum absolute atomic E-state index is 12.9. The number of hydrogen-bond acceptors (Lipinski definition) is 6. The first-order chi connectivity index (χ1) is 16.1. The number of nitrogens with zero attached hydrogens (tertiary/aromatic N) is 2. The van der Waals surface area contributed by atoms with Gasteiger partial charge in [0.25, 0.3) is 5.91 Å². The van der Waals surface area contributed by atoms with Gasteiger partial charge in [0.1, 0.15) is 23.2 Å². The van der Waals surface area contributed by atoms with E-state index in [4.69, 9.17) is 9.47 Å². The smallest absolute Gasteiger partial charge is 0.254 e. The van der Waals surface area contributed by atoms with Crippen LogP contribution in [0.25, 0.3) is 0 Å². The van der Waals surface area contributed by atoms with Crippen LogP contribution < -0.4 is 10.1 Å². The summed E-state index contributed by atoms with van der Waals surface area (Å²) in [6.07, 6.45) is 0.167. The Hall–Kier alpha value is -3.30. The van der Waals surface area contributed by atoms with Crippen LogP contribution in [0.3, 0.4) is 0 Å². The van der Waals surface area contributed by atoms with E-state index in [1.165, 1.54) is 23.5 Å². The van der Waals surface area contributed by atoms with Gasteiger partial charge in [-0.2, -0.15) is 0 Å². The van der Waals surface area contributed by atoms with Crippen LogP contribution in [0.15, 0.2) is 53.9 Å². The molecule has 172 valence electrons. The molecule has 3 aromatic rings. The number of rotatable bonds is 8. The van der Waals surface area contributed by atoms with Crippen molar-refractivity contribution >= 4 is 23.2 Å². The largest absolute Gasteiger partial charge is 0.486 e. The van der Waals surface area contributed by atoms with Crippen LogP contribution in [0, 0.1) is 5.82 Å². The normalized spacial score (nSPS) is 13.5. The van der Waals surface area contributed by atoms with Gasteiger partial charge in [0.05, 0.1) is 25.3 Å². The second kappa shape index (κ2) is 11.0. The predicted octanol–water partition coefficient (Wildman–Crippen LogP) is 3.19. The van der Waals surface area contributed by atoms with Crippen LogP contribution in [-0.4, -0.2) is 48.0 Å². The number of aromatic nitrogens is 1. The van der Waals surface area contributed by atoms with Gasteiger partial charge in [-0.1, -0.05) is 12.1 Å². The molecule has 0 saturated carbocycles. The summed E-state index contributed by atoms with van der Waals surface area (Å²) in [5.74, 6) is 0.0993. The Kier molecular flexibility index (Phi) is 7.64. The summed E-state index contributed by atoms with van der Waals surface area (Å²) in [7, 11) is 0. The summed E-state index contributed by atoms with van der Waals surface area (Å²) >= 11 is 1.41. The van der Waals surface area contributed by atoms with E-state index in [0.717, 1.165) is 10.6 Å². The predicted molar refractivity (Wildman–Crippen MR) is 122 cm³/mol. The quantitative estimate of drug-likeness (QED) is 0.548. The second-order valence-electron chi connectivity index (χ2n) is 7.53. The van der Waals surface area contributed by atoms with Gasteiger partial charge in [-0.15, -0.1) is 11.3 Å². The van der Waals surface area contributed by atoms with E-state index in [-0.39, 0.29) is 30.7 Å². The number of benzene rings is 2. The Labute approximate surface area is 195 Å². The highest BCUT2D eigenvalue weighted by Gasteiger charge is 2.18. The third kappa shape index (κ3) is 6.59. The number of hydrogen-bond donors (Lipinski definition) is 1. The minimum atomic E-state index is -0.317. The van der Waals surface area contributed by atoms with Crippen molar-refractivity contribution < 1.29 is 23.5 Å². The Morgan fingerprint density at radius 2 is 1.82 bits per heavy atom. The van der Waals surface area contributed by atoms with Crippen LogP contribution >= 0.6 is 11.3 Å². The fourth-order valence-corrected chi connectivity index (χ4v) is 4.02. The van der Waals surface area contributed by atoms with Crippen LogP contribution in [-0.2, 0) is 29.1 Å². The highest BCUT2D eigenvalue weighted by atomic mass is 32.1. The van der Waals surface area contributed by atoms with Gasteiger partial charge >= 0.3 is 0 Å². The molecule has 1 fully saturated rings. The van der Waals surface area contributed by atoms with E-state index >= 15 is 0 Å². The number of carbonyl (C=O) groups is 2. The average Bonchev–Trinajstić information content (AvgIpc) is 3.30. The molecule has 2 amide bonds. The Morgan fingerprint density at radius 3 is 2.55 bits per heavy atom. The van der Waals surface area contributed by atoms with Crippen LogP contribution in [0.2, 0.25) is 0 Å². The number of morpholine rings is 1. The molecule has 33 heavy (non-hydrogen) atoms. The topological polar surface area (TPSA) is 80.8 Å². The number of nitrogens with one attached hydrogen (secondary N) is 1. The van der Waals surface area contributed by atoms with Crippen molar-refractivity contribution in [3.63, 3.8) is 0 Å². The van der Waals surface area contributed by atoms with Gasteiger partial charge in [0.2, 0.25) is 5.91 Å². The summed E-state index contributed by atoms with van der Waals surface area (Å²) in [5.41, 5.74) is 2.21. The summed E-state index contributed by atoms with van der Waals surface area (Å²) in [5, 5.41) is 5.45. The number of carbonyl (C=O) groups excluding carboxylic acids is 2. The van der Waals surface area contributed by atoms with Crippen molar-refractivity contribution in [2.45, 2.75) is 19.6 Å². The van der Waals surface area contributed by atoms with E-state index in [0.29, 0.717) is 49.9 Å². The summed E-state index contributed by atoms with van der Waals surface area (Å²) in [6.45, 7) is 2.97. The zero-order valence-electron chi connectivity index (χ0n) is 18.0. The first-order valence-corrected chi connectivity index (χ1v) is 11.5. The number of thiazole rings is 1. The standard InChI is InChI=1S/C24H24FN3O4S/c25-19-5-7-21(8-6-19)32-15-23-27-20(16-33-23)13-22(29)26-14-17-1-3-18(4-2-17)24(30)28-9-11-31-12-10-28/h1-8,16H,9-15H2,(H,26,29). The van der Waals surface area contributed by atoms with Gasteiger partial charge in [-0.25, -0.2) is 9.37 Å². The van der Waals surface area contributed by atoms with Crippen molar-refractivity contribution in [1.29, 1.82) is 0 Å². The molecular formula is C24H24FN3O4S. The maximum atomic E-state index is 12.9. The minimum absolute atomic E-state index is 0.00312. The van der Waals surface area contributed by atoms with Crippen molar-refractivity contribution in [2.75, 3.05) is 26.3 Å². The molecule has 4 rings (SSSR count). The molecular weight excluding hydrogens is 445 g/mol. The Bertz CT molecular complexity index is 1080. The second-order valence-corrected chi connectivity index (χ2v) is 8.47. The molecule has 2 heterocycles. The van der Waals surface area contributed by atoms with Crippen molar-refractivity contribution in [3.05, 3.63) is 81.6 Å². The van der Waals surface area contributed by atoms with Crippen molar-refractivity contribution in [1.82, 2.24) is 15.2 Å². The van der Waals surface area contributed by atoms with E-state index in [1.807, 2.05) is 17.5 Å². The Morgan fingerprint density at radius 1 is 1.09 bits per heavy atom. The van der Waals surface area contributed by atoms with Gasteiger partial charge in [0, 0.05) is 30.6 Å². The lowest BCUT2D eigenvalue weighted by Crippen LogP contribution is -2.40. The lowest BCUT2D eigenvalue weighted by Gasteiger charge is -2.26. The van der Waals surface area contributed by atoms with Crippen molar-refractivity contribution in [2.24, 2.45) is 0 Å². The van der Waals surface area contributed by atoms with Gasteiger partial charge < -0.3 is 19.7 Å².